The summed E-state index contributed by atoms with van der Waals surface area (Å²) in [7, 11) is 4.85. The average molecular weight is 341 g/mol. The summed E-state index contributed by atoms with van der Waals surface area (Å²) in [6.07, 6.45) is 0.783. The van der Waals surface area contributed by atoms with Gasteiger partial charge in [-0.1, -0.05) is 6.07 Å². The van der Waals surface area contributed by atoms with Gasteiger partial charge in [0, 0.05) is 18.2 Å². The monoisotopic (exact) mass is 341 g/mol. The molecule has 1 unspecified atom stereocenters. The molecule has 1 aliphatic heterocycles. The van der Waals surface area contributed by atoms with Crippen molar-refractivity contribution in [1.29, 1.82) is 0 Å². The Morgan fingerprint density at radius 1 is 1.00 bits per heavy atom. The summed E-state index contributed by atoms with van der Waals surface area (Å²) in [6.45, 7) is 2.62. The molecule has 0 bridgehead atoms. The Kier molecular flexibility index (Phi) is 4.83. The molecular weight excluding hydrogens is 318 g/mol. The Morgan fingerprint density at radius 3 is 2.32 bits per heavy atom. The summed E-state index contributed by atoms with van der Waals surface area (Å²) in [5.74, 6) is 2.10. The van der Waals surface area contributed by atoms with Crippen LogP contribution in [0.1, 0.15) is 28.4 Å². The number of fused-ring (bicyclic) bond motifs is 1. The van der Waals surface area contributed by atoms with E-state index in [9.17, 15) is 4.79 Å². The first-order valence-electron chi connectivity index (χ1n) is 8.26. The summed E-state index contributed by atoms with van der Waals surface area (Å²) in [6, 6.07) is 11.3. The van der Waals surface area contributed by atoms with Crippen LogP contribution in [0.25, 0.3) is 0 Å². The molecule has 1 amide bonds. The number of hydrogen-bond acceptors (Lipinski definition) is 4. The number of carbonyl (C=O) groups excluding carboxylic acids is 1. The maximum atomic E-state index is 13.0. The van der Waals surface area contributed by atoms with Gasteiger partial charge in [0.2, 0.25) is 0 Å². The third kappa shape index (κ3) is 3.27. The number of methoxy groups -OCH3 is 3. The Bertz CT molecular complexity index is 787. The molecule has 5 heteroatoms. The number of nitrogens with zero attached hydrogens (tertiary/aromatic N) is 1. The SMILES string of the molecule is COc1cccc(C(=O)N2Cc3cc(OC)c(OC)cc3CC2C)c1. The van der Waals surface area contributed by atoms with Gasteiger partial charge in [-0.05, 0) is 54.8 Å². The summed E-state index contributed by atoms with van der Waals surface area (Å²) < 4.78 is 16.0. The Morgan fingerprint density at radius 2 is 1.68 bits per heavy atom. The Balaban J connectivity index is 1.91. The number of hydrogen-bond donors (Lipinski definition) is 0. The number of carbonyl (C=O) groups is 1. The fourth-order valence-corrected chi connectivity index (χ4v) is 3.26. The van der Waals surface area contributed by atoms with Crippen LogP contribution in [0.4, 0.5) is 0 Å². The molecule has 0 radical (unpaired) electrons. The van der Waals surface area contributed by atoms with Crippen molar-refractivity contribution in [2.24, 2.45) is 0 Å². The molecule has 5 nitrogen and oxygen atoms in total. The Hall–Kier alpha value is -2.69. The van der Waals surface area contributed by atoms with Gasteiger partial charge in [-0.15, -0.1) is 0 Å². The van der Waals surface area contributed by atoms with Crippen molar-refractivity contribution in [3.63, 3.8) is 0 Å². The maximum Gasteiger partial charge on any atom is 0.254 e. The van der Waals surface area contributed by atoms with E-state index in [0.29, 0.717) is 23.6 Å². The van der Waals surface area contributed by atoms with Crippen LogP contribution in [0.15, 0.2) is 36.4 Å². The minimum Gasteiger partial charge on any atom is -0.497 e. The van der Waals surface area contributed by atoms with Gasteiger partial charge < -0.3 is 19.1 Å². The first-order valence-corrected chi connectivity index (χ1v) is 8.26. The lowest BCUT2D eigenvalue weighted by Crippen LogP contribution is -2.42. The van der Waals surface area contributed by atoms with Crippen molar-refractivity contribution in [1.82, 2.24) is 4.90 Å². The number of rotatable bonds is 4. The van der Waals surface area contributed by atoms with E-state index in [-0.39, 0.29) is 11.9 Å². The predicted molar refractivity (Wildman–Crippen MR) is 95.6 cm³/mol. The molecule has 0 aromatic heterocycles. The number of ether oxygens (including phenoxy) is 3. The van der Waals surface area contributed by atoms with Gasteiger partial charge in [0.05, 0.1) is 21.3 Å². The zero-order valence-electron chi connectivity index (χ0n) is 15.0. The molecule has 0 spiro atoms. The summed E-state index contributed by atoms with van der Waals surface area (Å²) in [4.78, 5) is 14.9. The zero-order valence-corrected chi connectivity index (χ0v) is 15.0. The lowest BCUT2D eigenvalue weighted by molar-refractivity contribution is 0.0657. The molecule has 0 aliphatic carbocycles. The standard InChI is InChI=1S/C20H23NO4/c1-13-8-15-10-18(24-3)19(25-4)11-16(15)12-21(13)20(22)14-6-5-7-17(9-14)23-2/h5-7,9-11,13H,8,12H2,1-4H3. The molecule has 132 valence electrons. The second-order valence-electron chi connectivity index (χ2n) is 6.19. The van der Waals surface area contributed by atoms with Gasteiger partial charge in [0.1, 0.15) is 5.75 Å². The molecule has 1 heterocycles. The molecule has 1 atom stereocenters. The van der Waals surface area contributed by atoms with Gasteiger partial charge in [0.25, 0.3) is 5.91 Å². The zero-order chi connectivity index (χ0) is 18.0. The van der Waals surface area contributed by atoms with Crippen LogP contribution >= 0.6 is 0 Å². The largest absolute Gasteiger partial charge is 0.497 e. The highest BCUT2D eigenvalue weighted by Crippen LogP contribution is 2.35. The number of benzene rings is 2. The molecule has 0 saturated heterocycles. The van der Waals surface area contributed by atoms with Crippen LogP contribution in [0.5, 0.6) is 17.2 Å². The van der Waals surface area contributed by atoms with Gasteiger partial charge in [-0.25, -0.2) is 0 Å². The van der Waals surface area contributed by atoms with Crippen molar-refractivity contribution in [3.05, 3.63) is 53.1 Å². The first kappa shape index (κ1) is 17.1. The van der Waals surface area contributed by atoms with E-state index in [1.54, 1.807) is 27.4 Å². The van der Waals surface area contributed by atoms with Crippen molar-refractivity contribution in [2.75, 3.05) is 21.3 Å². The quantitative estimate of drug-likeness (QED) is 0.856. The van der Waals surface area contributed by atoms with Crippen molar-refractivity contribution in [3.8, 4) is 17.2 Å². The molecule has 25 heavy (non-hydrogen) atoms. The molecule has 3 rings (SSSR count). The van der Waals surface area contributed by atoms with Crippen LogP contribution in [-0.4, -0.2) is 38.2 Å². The molecule has 0 saturated carbocycles. The maximum absolute atomic E-state index is 13.0. The fourth-order valence-electron chi connectivity index (χ4n) is 3.26. The van der Waals surface area contributed by atoms with E-state index in [2.05, 4.69) is 6.92 Å². The van der Waals surface area contributed by atoms with E-state index in [0.717, 1.165) is 17.7 Å². The minimum atomic E-state index is 0.00633. The lowest BCUT2D eigenvalue weighted by atomic mass is 9.93. The molecule has 2 aromatic carbocycles. The summed E-state index contributed by atoms with van der Waals surface area (Å²) >= 11 is 0. The summed E-state index contributed by atoms with van der Waals surface area (Å²) in [5, 5.41) is 0. The third-order valence-corrected chi connectivity index (χ3v) is 4.67. The van der Waals surface area contributed by atoms with Crippen LogP contribution in [0, 0.1) is 0 Å². The number of amides is 1. The van der Waals surface area contributed by atoms with Gasteiger partial charge in [-0.2, -0.15) is 0 Å². The van der Waals surface area contributed by atoms with Crippen molar-refractivity contribution < 1.29 is 19.0 Å². The average Bonchev–Trinajstić information content (AvgIpc) is 2.65. The van der Waals surface area contributed by atoms with E-state index >= 15 is 0 Å². The molecular formula is C20H23NO4. The molecule has 0 fully saturated rings. The van der Waals surface area contributed by atoms with Gasteiger partial charge >= 0.3 is 0 Å². The molecule has 0 N–H and O–H groups in total. The fraction of sp³-hybridized carbons (Fsp3) is 0.350. The summed E-state index contributed by atoms with van der Waals surface area (Å²) in [5.41, 5.74) is 2.92. The normalized spacial score (nSPS) is 16.2. The highest BCUT2D eigenvalue weighted by molar-refractivity contribution is 5.95. The van der Waals surface area contributed by atoms with Crippen molar-refractivity contribution in [2.45, 2.75) is 25.9 Å². The lowest BCUT2D eigenvalue weighted by Gasteiger charge is -2.35. The van der Waals surface area contributed by atoms with Crippen LogP contribution < -0.4 is 14.2 Å². The Labute approximate surface area is 148 Å². The first-order chi connectivity index (χ1) is 12.1. The topological polar surface area (TPSA) is 48.0 Å². The van der Waals surface area contributed by atoms with Crippen LogP contribution in [0.3, 0.4) is 0 Å². The second kappa shape index (κ2) is 7.05. The van der Waals surface area contributed by atoms with Crippen LogP contribution in [-0.2, 0) is 13.0 Å². The highest BCUT2D eigenvalue weighted by atomic mass is 16.5. The van der Waals surface area contributed by atoms with Gasteiger partial charge in [0.15, 0.2) is 11.5 Å². The van der Waals surface area contributed by atoms with E-state index < -0.39 is 0 Å². The van der Waals surface area contributed by atoms with Gasteiger partial charge in [-0.3, -0.25) is 4.79 Å². The minimum absolute atomic E-state index is 0.00633. The van der Waals surface area contributed by atoms with E-state index in [1.165, 1.54) is 5.56 Å². The van der Waals surface area contributed by atoms with Crippen molar-refractivity contribution >= 4 is 5.91 Å². The highest BCUT2D eigenvalue weighted by Gasteiger charge is 2.29. The smallest absolute Gasteiger partial charge is 0.254 e. The van der Waals surface area contributed by atoms with Crippen LogP contribution in [0.2, 0.25) is 0 Å². The molecule has 1 aliphatic rings. The predicted octanol–water partition coefficient (Wildman–Crippen LogP) is 3.30. The van der Waals surface area contributed by atoms with E-state index in [4.69, 9.17) is 14.2 Å². The third-order valence-electron chi connectivity index (χ3n) is 4.67. The van der Waals surface area contributed by atoms with E-state index in [1.807, 2.05) is 35.2 Å². The molecule has 2 aromatic rings. The second-order valence-corrected chi connectivity index (χ2v) is 6.19.